The minimum Gasteiger partial charge on any atom is -0.444 e. The zero-order valence-electron chi connectivity index (χ0n) is 15.1. The molecule has 1 aliphatic rings. The van der Waals surface area contributed by atoms with Crippen molar-refractivity contribution in [3.8, 4) is 0 Å². The molecule has 1 heterocycles. The first-order valence-electron chi connectivity index (χ1n) is 8.43. The highest BCUT2D eigenvalue weighted by molar-refractivity contribution is 5.68. The molecule has 1 saturated heterocycles. The predicted molar refractivity (Wildman–Crippen MR) is 93.3 cm³/mol. The number of ether oxygens (including phenoxy) is 1. The summed E-state index contributed by atoms with van der Waals surface area (Å²) in [6.45, 7) is 12.9. The monoisotopic (exact) mass is 318 g/mol. The summed E-state index contributed by atoms with van der Waals surface area (Å²) in [7, 11) is 0. The van der Waals surface area contributed by atoms with Crippen LogP contribution in [0.3, 0.4) is 0 Å². The quantitative estimate of drug-likeness (QED) is 0.918. The maximum Gasteiger partial charge on any atom is 0.408 e. The molecule has 4 heteroatoms. The van der Waals surface area contributed by atoms with Crippen LogP contribution in [0.4, 0.5) is 4.79 Å². The van der Waals surface area contributed by atoms with E-state index in [2.05, 4.69) is 48.3 Å². The molecule has 23 heavy (non-hydrogen) atoms. The molecule has 1 N–H and O–H groups in total. The number of carbonyl (C=O) groups excluding carboxylic acids is 1. The molecule has 1 amide bonds. The molecule has 0 spiro atoms. The summed E-state index contributed by atoms with van der Waals surface area (Å²) < 4.78 is 5.39. The Kier molecular flexibility index (Phi) is 5.35. The lowest BCUT2D eigenvalue weighted by Crippen LogP contribution is -2.51. The highest BCUT2D eigenvalue weighted by Gasteiger charge is 2.37. The van der Waals surface area contributed by atoms with Crippen LogP contribution in [0, 0.1) is 5.92 Å². The Morgan fingerprint density at radius 1 is 1.22 bits per heavy atom. The molecule has 0 aliphatic carbocycles. The van der Waals surface area contributed by atoms with Gasteiger partial charge in [0.1, 0.15) is 5.60 Å². The van der Waals surface area contributed by atoms with Gasteiger partial charge in [-0.25, -0.2) is 4.79 Å². The normalized spacial score (nSPS) is 19.6. The van der Waals surface area contributed by atoms with E-state index in [9.17, 15) is 4.79 Å². The maximum absolute atomic E-state index is 12.1. The van der Waals surface area contributed by atoms with Crippen LogP contribution in [0.25, 0.3) is 0 Å². The van der Waals surface area contributed by atoms with Gasteiger partial charge in [-0.1, -0.05) is 30.3 Å². The highest BCUT2D eigenvalue weighted by atomic mass is 16.6. The van der Waals surface area contributed by atoms with E-state index in [0.29, 0.717) is 5.92 Å². The Hall–Kier alpha value is -1.55. The Morgan fingerprint density at radius 3 is 2.48 bits per heavy atom. The van der Waals surface area contributed by atoms with Gasteiger partial charge < -0.3 is 10.1 Å². The van der Waals surface area contributed by atoms with Gasteiger partial charge in [-0.15, -0.1) is 0 Å². The van der Waals surface area contributed by atoms with Gasteiger partial charge in [-0.3, -0.25) is 4.90 Å². The predicted octanol–water partition coefficient (Wildman–Crippen LogP) is 3.81. The van der Waals surface area contributed by atoms with Crippen molar-refractivity contribution < 1.29 is 9.53 Å². The van der Waals surface area contributed by atoms with Crippen LogP contribution in [-0.4, -0.2) is 35.2 Å². The minimum atomic E-state index is -0.463. The average Bonchev–Trinajstić information content (AvgIpc) is 2.86. The van der Waals surface area contributed by atoms with Gasteiger partial charge >= 0.3 is 6.09 Å². The van der Waals surface area contributed by atoms with E-state index in [1.54, 1.807) is 0 Å². The zero-order chi connectivity index (χ0) is 17.1. The lowest BCUT2D eigenvalue weighted by Gasteiger charge is -2.33. The molecule has 128 valence electrons. The number of alkyl carbamates (subject to hydrolysis) is 1. The van der Waals surface area contributed by atoms with Gasteiger partial charge in [0.05, 0.1) is 0 Å². The molecule has 0 aromatic heterocycles. The average molecular weight is 318 g/mol. The maximum atomic E-state index is 12.1. The molecule has 0 radical (unpaired) electrons. The summed E-state index contributed by atoms with van der Waals surface area (Å²) in [6, 6.07) is 10.5. The second-order valence-corrected chi connectivity index (χ2v) is 8.05. The van der Waals surface area contributed by atoms with E-state index in [-0.39, 0.29) is 11.6 Å². The van der Waals surface area contributed by atoms with E-state index < -0.39 is 5.60 Å². The van der Waals surface area contributed by atoms with Crippen molar-refractivity contribution in [1.29, 1.82) is 0 Å². The standard InChI is InChI=1S/C19H30N2O2/c1-18(2,3)23-17(22)20-19(4,5)16-11-12-21(14-16)13-15-9-7-6-8-10-15/h6-10,16H,11-14H2,1-5H3,(H,20,22)/t16-/m0/s1. The third-order valence-corrected chi connectivity index (χ3v) is 4.37. The van der Waals surface area contributed by atoms with Gasteiger partial charge in [0.25, 0.3) is 0 Å². The van der Waals surface area contributed by atoms with Crippen molar-refractivity contribution >= 4 is 6.09 Å². The van der Waals surface area contributed by atoms with Crippen LogP contribution in [0.1, 0.15) is 46.6 Å². The molecule has 1 aromatic rings. The van der Waals surface area contributed by atoms with Gasteiger partial charge in [-0.05, 0) is 59.1 Å². The summed E-state index contributed by atoms with van der Waals surface area (Å²) in [6.07, 6.45) is 0.763. The number of nitrogens with one attached hydrogen (secondary N) is 1. The second kappa shape index (κ2) is 6.91. The molecule has 0 bridgehead atoms. The number of hydrogen-bond donors (Lipinski definition) is 1. The Morgan fingerprint density at radius 2 is 1.87 bits per heavy atom. The van der Waals surface area contributed by atoms with E-state index in [1.807, 2.05) is 26.8 Å². The zero-order valence-corrected chi connectivity index (χ0v) is 15.1. The molecule has 1 aliphatic heterocycles. The van der Waals surface area contributed by atoms with Gasteiger partial charge in [0, 0.05) is 18.6 Å². The third-order valence-electron chi connectivity index (χ3n) is 4.37. The second-order valence-electron chi connectivity index (χ2n) is 8.05. The molecular formula is C19H30N2O2. The molecule has 0 unspecified atom stereocenters. The number of benzene rings is 1. The third kappa shape index (κ3) is 5.54. The van der Waals surface area contributed by atoms with Crippen molar-refractivity contribution in [2.45, 2.75) is 58.7 Å². The van der Waals surface area contributed by atoms with Gasteiger partial charge in [-0.2, -0.15) is 0 Å². The number of likely N-dealkylation sites (tertiary alicyclic amines) is 1. The summed E-state index contributed by atoms with van der Waals surface area (Å²) in [5, 5.41) is 3.05. The summed E-state index contributed by atoms with van der Waals surface area (Å²) in [5.41, 5.74) is 0.606. The fraction of sp³-hybridized carbons (Fsp3) is 0.632. The fourth-order valence-electron chi connectivity index (χ4n) is 3.08. The molecule has 0 saturated carbocycles. The van der Waals surface area contributed by atoms with Crippen molar-refractivity contribution in [2.75, 3.05) is 13.1 Å². The molecule has 2 rings (SSSR count). The summed E-state index contributed by atoms with van der Waals surface area (Å²) in [5.74, 6) is 0.429. The van der Waals surface area contributed by atoms with E-state index in [4.69, 9.17) is 4.74 Å². The first-order valence-corrected chi connectivity index (χ1v) is 8.43. The Labute approximate surface area is 140 Å². The van der Waals surface area contributed by atoms with Crippen molar-refractivity contribution in [1.82, 2.24) is 10.2 Å². The van der Waals surface area contributed by atoms with Crippen molar-refractivity contribution in [2.24, 2.45) is 5.92 Å². The molecule has 1 aromatic carbocycles. The topological polar surface area (TPSA) is 41.6 Å². The number of rotatable bonds is 4. The van der Waals surface area contributed by atoms with Crippen LogP contribution in [0.15, 0.2) is 30.3 Å². The molecule has 1 atom stereocenters. The number of nitrogens with zero attached hydrogens (tertiary/aromatic N) is 1. The first kappa shape index (κ1) is 17.8. The van der Waals surface area contributed by atoms with Crippen molar-refractivity contribution in [3.63, 3.8) is 0 Å². The SMILES string of the molecule is CC(C)(C)OC(=O)NC(C)(C)[C@H]1CCN(Cc2ccccc2)C1. The molecular weight excluding hydrogens is 288 g/mol. The van der Waals surface area contributed by atoms with Crippen LogP contribution in [0.5, 0.6) is 0 Å². The van der Waals surface area contributed by atoms with E-state index in [1.165, 1.54) is 5.56 Å². The van der Waals surface area contributed by atoms with Gasteiger partial charge in [0.2, 0.25) is 0 Å². The Bertz CT molecular complexity index is 520. The van der Waals surface area contributed by atoms with Crippen LogP contribution < -0.4 is 5.32 Å². The number of carbonyl (C=O) groups is 1. The highest BCUT2D eigenvalue weighted by Crippen LogP contribution is 2.28. The summed E-state index contributed by atoms with van der Waals surface area (Å²) in [4.78, 5) is 14.5. The smallest absolute Gasteiger partial charge is 0.408 e. The van der Waals surface area contributed by atoms with Crippen LogP contribution >= 0.6 is 0 Å². The molecule has 4 nitrogen and oxygen atoms in total. The van der Waals surface area contributed by atoms with E-state index >= 15 is 0 Å². The minimum absolute atomic E-state index is 0.270. The summed E-state index contributed by atoms with van der Waals surface area (Å²) >= 11 is 0. The lowest BCUT2D eigenvalue weighted by atomic mass is 9.87. The fourth-order valence-corrected chi connectivity index (χ4v) is 3.08. The van der Waals surface area contributed by atoms with Gasteiger partial charge in [0.15, 0.2) is 0 Å². The lowest BCUT2D eigenvalue weighted by molar-refractivity contribution is 0.0437. The largest absolute Gasteiger partial charge is 0.444 e. The first-order chi connectivity index (χ1) is 10.7. The molecule has 1 fully saturated rings. The number of amides is 1. The van der Waals surface area contributed by atoms with Crippen LogP contribution in [0.2, 0.25) is 0 Å². The van der Waals surface area contributed by atoms with Crippen molar-refractivity contribution in [3.05, 3.63) is 35.9 Å². The van der Waals surface area contributed by atoms with Crippen LogP contribution in [-0.2, 0) is 11.3 Å². The Balaban J connectivity index is 1.88. The van der Waals surface area contributed by atoms with E-state index in [0.717, 1.165) is 26.1 Å². The number of hydrogen-bond acceptors (Lipinski definition) is 3.